The summed E-state index contributed by atoms with van der Waals surface area (Å²) in [6, 6.07) is 0.449. The molecule has 0 radical (unpaired) electrons. The van der Waals surface area contributed by atoms with Gasteiger partial charge in [-0.15, -0.1) is 0 Å². The van der Waals surface area contributed by atoms with Gasteiger partial charge < -0.3 is 15.3 Å². The maximum absolute atomic E-state index is 11.3. The number of aryl methyl sites for hydroxylation is 1. The third-order valence-corrected chi connectivity index (χ3v) is 3.83. The van der Waals surface area contributed by atoms with E-state index in [1.165, 1.54) is 6.92 Å². The lowest BCUT2D eigenvalue weighted by molar-refractivity contribution is -0.122. The summed E-state index contributed by atoms with van der Waals surface area (Å²) in [5, 5.41) is 10.2. The minimum atomic E-state index is -0.250. The average Bonchev–Trinajstić information content (AvgIpc) is 2.48. The molecule has 1 aliphatic rings. The number of rotatable bonds is 4. The Labute approximate surface area is 136 Å². The van der Waals surface area contributed by atoms with Crippen molar-refractivity contribution >= 4 is 18.2 Å². The van der Waals surface area contributed by atoms with Gasteiger partial charge in [-0.1, -0.05) is 0 Å². The highest BCUT2D eigenvalue weighted by atomic mass is 16.3. The highest BCUT2D eigenvalue weighted by Gasteiger charge is 2.22. The molecular weight excluding hydrogens is 298 g/mol. The Balaban J connectivity index is 0.000000816. The first-order valence-electron chi connectivity index (χ1n) is 7.44. The van der Waals surface area contributed by atoms with Gasteiger partial charge in [-0.25, -0.2) is 9.97 Å². The van der Waals surface area contributed by atoms with Crippen LogP contribution in [-0.2, 0) is 4.79 Å². The quantitative estimate of drug-likeness (QED) is 0.605. The zero-order valence-electron chi connectivity index (χ0n) is 14.1. The van der Waals surface area contributed by atoms with Crippen LogP contribution in [0, 0.1) is 6.92 Å². The molecule has 0 spiro atoms. The van der Waals surface area contributed by atoms with E-state index in [2.05, 4.69) is 39.2 Å². The minimum absolute atomic E-state index is 0.00249. The number of likely N-dealkylation sites (N-methyl/N-ethyl adjacent to an activating group) is 2. The van der Waals surface area contributed by atoms with E-state index in [-0.39, 0.29) is 12.3 Å². The third-order valence-electron chi connectivity index (χ3n) is 3.83. The van der Waals surface area contributed by atoms with Crippen LogP contribution in [0.15, 0.2) is 6.20 Å². The monoisotopic (exact) mass is 323 g/mol. The molecule has 128 valence electrons. The van der Waals surface area contributed by atoms with E-state index in [1.54, 1.807) is 6.20 Å². The highest BCUT2D eigenvalue weighted by Crippen LogP contribution is 2.10. The van der Waals surface area contributed by atoms with Gasteiger partial charge in [-0.3, -0.25) is 14.5 Å². The number of anilines is 1. The van der Waals surface area contributed by atoms with Gasteiger partial charge in [0.2, 0.25) is 5.95 Å². The van der Waals surface area contributed by atoms with Gasteiger partial charge in [0.05, 0.1) is 11.3 Å². The van der Waals surface area contributed by atoms with Crippen molar-refractivity contribution in [1.82, 2.24) is 19.8 Å². The number of hydrogen-bond donors (Lipinski definition) is 2. The number of nitrogens with one attached hydrogen (secondary N) is 1. The Bertz CT molecular complexity index is 538. The van der Waals surface area contributed by atoms with Gasteiger partial charge in [-0.05, 0) is 27.9 Å². The molecule has 2 heterocycles. The minimum Gasteiger partial charge on any atom is -0.483 e. The van der Waals surface area contributed by atoms with E-state index in [0.717, 1.165) is 31.9 Å². The van der Waals surface area contributed by atoms with Crippen molar-refractivity contribution in [3.63, 3.8) is 0 Å². The lowest BCUT2D eigenvalue weighted by Gasteiger charge is -2.37. The molecule has 0 aliphatic carbocycles. The third kappa shape index (κ3) is 5.91. The molecule has 1 fully saturated rings. The molecule has 1 unspecified atom stereocenters. The van der Waals surface area contributed by atoms with Gasteiger partial charge in [0.25, 0.3) is 6.47 Å². The summed E-state index contributed by atoms with van der Waals surface area (Å²) in [6.07, 6.45) is 1.60. The summed E-state index contributed by atoms with van der Waals surface area (Å²) in [5.74, 6) is 0.594. The van der Waals surface area contributed by atoms with E-state index >= 15 is 0 Å². The molecule has 1 aromatic heterocycles. The first-order valence-corrected chi connectivity index (χ1v) is 7.44. The highest BCUT2D eigenvalue weighted by molar-refractivity contribution is 5.94. The Hall–Kier alpha value is -2.06. The van der Waals surface area contributed by atoms with Crippen LogP contribution in [0.25, 0.3) is 0 Å². The van der Waals surface area contributed by atoms with E-state index in [1.807, 2.05) is 6.92 Å². The molecule has 0 aromatic carbocycles. The topological polar surface area (TPSA) is 98.7 Å². The molecule has 1 atom stereocenters. The molecule has 0 saturated carbocycles. The number of aromatic nitrogens is 2. The van der Waals surface area contributed by atoms with Crippen LogP contribution < -0.4 is 5.32 Å². The van der Waals surface area contributed by atoms with Crippen LogP contribution in [-0.4, -0.2) is 83.4 Å². The van der Waals surface area contributed by atoms with Gasteiger partial charge >= 0.3 is 0 Å². The van der Waals surface area contributed by atoms with Crippen LogP contribution in [0.5, 0.6) is 0 Å². The zero-order valence-corrected chi connectivity index (χ0v) is 14.1. The van der Waals surface area contributed by atoms with Gasteiger partial charge in [0, 0.05) is 38.4 Å². The number of Topliss-reactive ketones (excluding diaryl/α,β-unsaturated/α-hetero) is 1. The van der Waals surface area contributed by atoms with E-state index in [9.17, 15) is 4.79 Å². The molecule has 8 nitrogen and oxygen atoms in total. The first kappa shape index (κ1) is 19.0. The Kier molecular flexibility index (Phi) is 7.56. The Morgan fingerprint density at radius 3 is 2.70 bits per heavy atom. The smallest absolute Gasteiger partial charge is 0.290 e. The lowest BCUT2D eigenvalue weighted by Crippen LogP contribution is -2.52. The number of piperazine rings is 1. The second kappa shape index (κ2) is 9.16. The number of hydrogen-bond acceptors (Lipinski definition) is 7. The molecule has 23 heavy (non-hydrogen) atoms. The van der Waals surface area contributed by atoms with Gasteiger partial charge in [-0.2, -0.15) is 0 Å². The molecule has 8 heteroatoms. The summed E-state index contributed by atoms with van der Waals surface area (Å²) in [7, 11) is 4.28. The van der Waals surface area contributed by atoms with E-state index in [0.29, 0.717) is 17.6 Å². The lowest BCUT2D eigenvalue weighted by atomic mass is 10.2. The van der Waals surface area contributed by atoms with Crippen LogP contribution in [0.3, 0.4) is 0 Å². The number of carbonyl (C=O) groups excluding carboxylic acids is 1. The Morgan fingerprint density at radius 1 is 1.48 bits per heavy atom. The van der Waals surface area contributed by atoms with Crippen LogP contribution >= 0.6 is 0 Å². The normalized spacial score (nSPS) is 18.7. The van der Waals surface area contributed by atoms with Crippen molar-refractivity contribution in [2.24, 2.45) is 0 Å². The molecule has 0 amide bonds. The van der Waals surface area contributed by atoms with E-state index < -0.39 is 0 Å². The van der Waals surface area contributed by atoms with Crippen molar-refractivity contribution in [3.05, 3.63) is 17.5 Å². The van der Waals surface area contributed by atoms with Gasteiger partial charge in [0.15, 0.2) is 5.78 Å². The molecular formula is C15H25N5O3. The fourth-order valence-electron chi connectivity index (χ4n) is 2.43. The van der Waals surface area contributed by atoms with E-state index in [4.69, 9.17) is 9.90 Å². The fraction of sp³-hybridized carbons (Fsp3) is 0.600. The number of ketones is 1. The number of nitrogens with zero attached hydrogens (tertiary/aromatic N) is 4. The predicted octanol–water partition coefficient (Wildman–Crippen LogP) is 0.346. The molecule has 1 aromatic rings. The summed E-state index contributed by atoms with van der Waals surface area (Å²) in [5.41, 5.74) is 1.31. The van der Waals surface area contributed by atoms with Crippen LogP contribution in [0.4, 0.5) is 5.95 Å². The van der Waals surface area contributed by atoms with Crippen molar-refractivity contribution < 1.29 is 14.7 Å². The molecule has 1 aliphatic heterocycles. The van der Waals surface area contributed by atoms with Crippen molar-refractivity contribution in [2.75, 3.05) is 45.6 Å². The zero-order chi connectivity index (χ0) is 17.4. The second-order valence-corrected chi connectivity index (χ2v) is 5.63. The summed E-state index contributed by atoms with van der Waals surface area (Å²) < 4.78 is 0. The summed E-state index contributed by atoms with van der Waals surface area (Å²) >= 11 is 0. The SMILES string of the molecule is CC(=O)c1cnc(NCC2CN(C)CCN2C)nc1C.O=CO. The fourth-order valence-corrected chi connectivity index (χ4v) is 2.43. The number of carboxylic acid groups (broad SMARTS) is 1. The maximum Gasteiger partial charge on any atom is 0.290 e. The maximum atomic E-state index is 11.3. The standard InChI is InChI=1S/C14H23N5O.CH2O2/c1-10-13(11(2)20)8-16-14(17-10)15-7-12-9-18(3)5-6-19(12)4;2-1-3/h8,12H,5-7,9H2,1-4H3,(H,15,16,17);1H,(H,2,3). The molecule has 2 rings (SSSR count). The average molecular weight is 323 g/mol. The second-order valence-electron chi connectivity index (χ2n) is 5.63. The van der Waals surface area contributed by atoms with Crippen LogP contribution in [0.2, 0.25) is 0 Å². The molecule has 1 saturated heterocycles. The summed E-state index contributed by atoms with van der Waals surface area (Å²) in [4.78, 5) is 33.0. The first-order chi connectivity index (χ1) is 10.9. The van der Waals surface area contributed by atoms with Crippen molar-refractivity contribution in [2.45, 2.75) is 19.9 Å². The van der Waals surface area contributed by atoms with Crippen molar-refractivity contribution in [3.8, 4) is 0 Å². The summed E-state index contributed by atoms with van der Waals surface area (Å²) in [6.45, 7) is 7.14. The van der Waals surface area contributed by atoms with Gasteiger partial charge in [0.1, 0.15) is 0 Å². The Morgan fingerprint density at radius 2 is 2.13 bits per heavy atom. The molecule has 0 bridgehead atoms. The van der Waals surface area contributed by atoms with Crippen LogP contribution in [0.1, 0.15) is 23.0 Å². The predicted molar refractivity (Wildman–Crippen MR) is 87.9 cm³/mol. The number of carbonyl (C=O) groups is 2. The largest absolute Gasteiger partial charge is 0.483 e. The molecule has 2 N–H and O–H groups in total. The van der Waals surface area contributed by atoms with Crippen molar-refractivity contribution in [1.29, 1.82) is 0 Å².